The minimum Gasteiger partial charge on any atom is -0.378 e. The first-order chi connectivity index (χ1) is 16.1. The number of morpholine rings is 1. The van der Waals surface area contributed by atoms with Crippen LogP contribution in [-0.2, 0) is 4.74 Å². The zero-order valence-electron chi connectivity index (χ0n) is 18.5. The molecule has 1 fully saturated rings. The van der Waals surface area contributed by atoms with Crippen LogP contribution in [0.5, 0.6) is 0 Å². The van der Waals surface area contributed by atoms with Crippen molar-refractivity contribution in [3.63, 3.8) is 0 Å². The van der Waals surface area contributed by atoms with Gasteiger partial charge >= 0.3 is 0 Å². The van der Waals surface area contributed by atoms with E-state index in [1.54, 1.807) is 23.2 Å². The van der Waals surface area contributed by atoms with Crippen LogP contribution in [0.2, 0.25) is 0 Å². The lowest BCUT2D eigenvalue weighted by molar-refractivity contribution is 0.0302. The van der Waals surface area contributed by atoms with Crippen LogP contribution in [0.4, 0.5) is 22.5 Å². The Balaban J connectivity index is 1.30. The van der Waals surface area contributed by atoms with Crippen LogP contribution in [-0.4, -0.2) is 59.1 Å². The average molecular weight is 461 g/mol. The number of rotatable bonds is 5. The summed E-state index contributed by atoms with van der Waals surface area (Å²) in [6, 6.07) is 15.9. The fraction of sp³-hybridized carbons (Fsp3) is 0.250. The Morgan fingerprint density at radius 2 is 1.85 bits per heavy atom. The minimum absolute atomic E-state index is 0.0215. The van der Waals surface area contributed by atoms with Gasteiger partial charge in [0.1, 0.15) is 22.0 Å². The van der Waals surface area contributed by atoms with E-state index in [-0.39, 0.29) is 5.91 Å². The third-order valence-electron chi connectivity index (χ3n) is 5.55. The van der Waals surface area contributed by atoms with Gasteiger partial charge in [0.15, 0.2) is 5.13 Å². The molecule has 0 aliphatic carbocycles. The lowest BCUT2D eigenvalue weighted by atomic mass is 10.2. The standard InChI is InChI=1S/C24H24N6O2S/c1-16-3-6-18(7-4-16)29(2)21-10-8-19-22(28-21)33-24(26-19)27-20-9-5-17(15-25-20)23(31)30-11-13-32-14-12-30/h3-10,15H,11-14H2,1-2H3,(H,25,26,27). The number of benzene rings is 1. The summed E-state index contributed by atoms with van der Waals surface area (Å²) >= 11 is 1.47. The summed E-state index contributed by atoms with van der Waals surface area (Å²) in [5.41, 5.74) is 3.69. The van der Waals surface area contributed by atoms with Crippen molar-refractivity contribution in [1.29, 1.82) is 0 Å². The van der Waals surface area contributed by atoms with Crippen LogP contribution in [0.25, 0.3) is 10.3 Å². The van der Waals surface area contributed by atoms with Crippen molar-refractivity contribution < 1.29 is 9.53 Å². The van der Waals surface area contributed by atoms with E-state index >= 15 is 0 Å². The molecule has 168 valence electrons. The molecule has 1 N–H and O–H groups in total. The number of hydrogen-bond donors (Lipinski definition) is 1. The van der Waals surface area contributed by atoms with E-state index in [0.717, 1.165) is 21.9 Å². The lowest BCUT2D eigenvalue weighted by Gasteiger charge is -2.26. The summed E-state index contributed by atoms with van der Waals surface area (Å²) in [6.45, 7) is 4.45. The van der Waals surface area contributed by atoms with Gasteiger partial charge in [-0.05, 0) is 43.3 Å². The zero-order chi connectivity index (χ0) is 22.8. The second-order valence-corrected chi connectivity index (χ2v) is 8.85. The number of amides is 1. The Hall–Kier alpha value is -3.56. The molecule has 4 aromatic rings. The van der Waals surface area contributed by atoms with Crippen LogP contribution in [0.1, 0.15) is 15.9 Å². The highest BCUT2D eigenvalue weighted by Gasteiger charge is 2.19. The van der Waals surface area contributed by atoms with Crippen LogP contribution < -0.4 is 10.2 Å². The third kappa shape index (κ3) is 4.64. The molecule has 0 bridgehead atoms. The molecule has 5 rings (SSSR count). The number of nitrogens with zero attached hydrogens (tertiary/aromatic N) is 5. The number of fused-ring (bicyclic) bond motifs is 1. The van der Waals surface area contributed by atoms with Gasteiger partial charge in [0.2, 0.25) is 0 Å². The number of anilines is 4. The van der Waals surface area contributed by atoms with Crippen LogP contribution in [0, 0.1) is 6.92 Å². The molecule has 1 aromatic carbocycles. The van der Waals surface area contributed by atoms with Crippen LogP contribution in [0.3, 0.4) is 0 Å². The van der Waals surface area contributed by atoms with E-state index in [9.17, 15) is 4.79 Å². The van der Waals surface area contributed by atoms with Crippen molar-refractivity contribution >= 4 is 50.0 Å². The van der Waals surface area contributed by atoms with Gasteiger partial charge in [-0.1, -0.05) is 29.0 Å². The van der Waals surface area contributed by atoms with E-state index in [0.29, 0.717) is 42.8 Å². The summed E-state index contributed by atoms with van der Waals surface area (Å²) in [5, 5.41) is 3.92. The molecule has 1 amide bonds. The average Bonchev–Trinajstić information content (AvgIpc) is 3.26. The molecule has 0 radical (unpaired) electrons. The molecule has 0 spiro atoms. The number of carbonyl (C=O) groups is 1. The Labute approximate surface area is 195 Å². The molecular weight excluding hydrogens is 436 g/mol. The normalized spacial score (nSPS) is 13.8. The minimum atomic E-state index is -0.0215. The summed E-state index contributed by atoms with van der Waals surface area (Å²) in [7, 11) is 2.00. The van der Waals surface area contributed by atoms with Crippen molar-refractivity contribution in [3.8, 4) is 0 Å². The highest BCUT2D eigenvalue weighted by Crippen LogP contribution is 2.30. The predicted molar refractivity (Wildman–Crippen MR) is 131 cm³/mol. The Kier molecular flexibility index (Phi) is 5.89. The Morgan fingerprint density at radius 3 is 2.58 bits per heavy atom. The largest absolute Gasteiger partial charge is 0.378 e. The highest BCUT2D eigenvalue weighted by atomic mass is 32.1. The fourth-order valence-corrected chi connectivity index (χ4v) is 4.44. The number of thiazole rings is 1. The van der Waals surface area contributed by atoms with E-state index in [2.05, 4.69) is 51.4 Å². The Bertz CT molecular complexity index is 1270. The molecule has 33 heavy (non-hydrogen) atoms. The topological polar surface area (TPSA) is 83.5 Å². The summed E-state index contributed by atoms with van der Waals surface area (Å²) in [6.07, 6.45) is 1.60. The third-order valence-corrected chi connectivity index (χ3v) is 6.43. The van der Waals surface area contributed by atoms with Gasteiger partial charge < -0.3 is 19.9 Å². The summed E-state index contributed by atoms with van der Waals surface area (Å²) < 4.78 is 5.31. The van der Waals surface area contributed by atoms with Gasteiger partial charge in [0, 0.05) is 32.0 Å². The maximum absolute atomic E-state index is 12.6. The van der Waals surface area contributed by atoms with Crippen molar-refractivity contribution in [2.75, 3.05) is 43.6 Å². The Morgan fingerprint density at radius 1 is 1.06 bits per heavy atom. The number of carbonyl (C=O) groups excluding carboxylic acids is 1. The molecule has 1 aliphatic heterocycles. The first kappa shape index (κ1) is 21.3. The summed E-state index contributed by atoms with van der Waals surface area (Å²) in [4.78, 5) is 31.1. The number of aromatic nitrogens is 3. The fourth-order valence-electron chi connectivity index (χ4n) is 3.60. The monoisotopic (exact) mass is 460 g/mol. The second-order valence-electron chi connectivity index (χ2n) is 7.87. The SMILES string of the molecule is Cc1ccc(N(C)c2ccc3nc(Nc4ccc(C(=O)N5CCOCC5)cn4)sc3n2)cc1. The van der Waals surface area contributed by atoms with E-state index in [1.165, 1.54) is 16.9 Å². The van der Waals surface area contributed by atoms with E-state index in [4.69, 9.17) is 9.72 Å². The number of pyridine rings is 2. The van der Waals surface area contributed by atoms with Gasteiger partial charge in [0.25, 0.3) is 5.91 Å². The number of nitrogens with one attached hydrogen (secondary N) is 1. The zero-order valence-corrected chi connectivity index (χ0v) is 19.3. The van der Waals surface area contributed by atoms with E-state index < -0.39 is 0 Å². The number of aryl methyl sites for hydroxylation is 1. The highest BCUT2D eigenvalue weighted by molar-refractivity contribution is 7.21. The van der Waals surface area contributed by atoms with Crippen molar-refractivity contribution in [1.82, 2.24) is 19.9 Å². The molecule has 0 saturated carbocycles. The maximum atomic E-state index is 12.6. The van der Waals surface area contributed by atoms with Gasteiger partial charge in [-0.15, -0.1) is 0 Å². The molecule has 0 atom stereocenters. The van der Waals surface area contributed by atoms with Gasteiger partial charge in [-0.3, -0.25) is 4.79 Å². The number of ether oxygens (including phenoxy) is 1. The smallest absolute Gasteiger partial charge is 0.255 e. The first-order valence-electron chi connectivity index (χ1n) is 10.7. The van der Waals surface area contributed by atoms with Gasteiger partial charge in [-0.25, -0.2) is 15.0 Å². The van der Waals surface area contributed by atoms with Gasteiger partial charge in [-0.2, -0.15) is 0 Å². The molecule has 1 aliphatic rings. The van der Waals surface area contributed by atoms with Crippen molar-refractivity contribution in [3.05, 3.63) is 65.9 Å². The molecule has 9 heteroatoms. The van der Waals surface area contributed by atoms with Gasteiger partial charge in [0.05, 0.1) is 18.8 Å². The molecule has 0 unspecified atom stereocenters. The van der Waals surface area contributed by atoms with E-state index in [1.807, 2.05) is 19.2 Å². The van der Waals surface area contributed by atoms with Crippen LogP contribution in [0.15, 0.2) is 54.7 Å². The predicted octanol–water partition coefficient (Wildman–Crippen LogP) is 4.38. The second kappa shape index (κ2) is 9.13. The molecule has 8 nitrogen and oxygen atoms in total. The van der Waals surface area contributed by atoms with Crippen molar-refractivity contribution in [2.24, 2.45) is 0 Å². The number of hydrogen-bond acceptors (Lipinski definition) is 8. The molecule has 4 heterocycles. The molecular formula is C24H24N6O2S. The lowest BCUT2D eigenvalue weighted by Crippen LogP contribution is -2.40. The van der Waals surface area contributed by atoms with Crippen LogP contribution >= 0.6 is 11.3 Å². The maximum Gasteiger partial charge on any atom is 0.255 e. The molecule has 3 aromatic heterocycles. The quantitative estimate of drug-likeness (QED) is 0.473. The molecule has 1 saturated heterocycles. The first-order valence-corrected chi connectivity index (χ1v) is 11.6. The van der Waals surface area contributed by atoms with Crippen molar-refractivity contribution in [2.45, 2.75) is 6.92 Å². The summed E-state index contributed by atoms with van der Waals surface area (Å²) in [5.74, 6) is 1.46.